The average molecular weight is 269 g/mol. The van der Waals surface area contributed by atoms with Crippen LogP contribution in [0.25, 0.3) is 0 Å². The molecule has 1 aromatic carbocycles. The summed E-state index contributed by atoms with van der Waals surface area (Å²) in [6, 6.07) is 9.62. The molecule has 1 aliphatic heterocycles. The van der Waals surface area contributed by atoms with E-state index in [9.17, 15) is 4.79 Å². The summed E-state index contributed by atoms with van der Waals surface area (Å²) in [7, 11) is 0. The largest absolute Gasteiger partial charge is 0.437 e. The van der Waals surface area contributed by atoms with E-state index in [1.54, 1.807) is 6.07 Å². The highest BCUT2D eigenvalue weighted by molar-refractivity contribution is 6.08. The molecule has 104 valence electrons. The molecule has 0 radical (unpaired) electrons. The highest BCUT2D eigenvalue weighted by Gasteiger charge is 2.20. The summed E-state index contributed by atoms with van der Waals surface area (Å²) in [6.07, 6.45) is 2.39. The van der Waals surface area contributed by atoms with E-state index in [1.165, 1.54) is 12.8 Å². The molecule has 0 atom stereocenters. The second kappa shape index (κ2) is 5.16. The number of rotatable bonds is 3. The Hall–Kier alpha value is -2.03. The van der Waals surface area contributed by atoms with Crippen LogP contribution in [0.3, 0.4) is 0 Å². The predicted molar refractivity (Wildman–Crippen MR) is 79.5 cm³/mol. The van der Waals surface area contributed by atoms with Gasteiger partial charge < -0.3 is 9.32 Å². The fourth-order valence-corrected chi connectivity index (χ4v) is 2.67. The third-order valence-electron chi connectivity index (χ3n) is 3.87. The number of nitrogens with zero attached hydrogens (tertiary/aromatic N) is 1. The molecule has 0 aliphatic carbocycles. The van der Waals surface area contributed by atoms with Crippen molar-refractivity contribution in [3.8, 4) is 0 Å². The molecule has 1 aliphatic rings. The van der Waals surface area contributed by atoms with Gasteiger partial charge in [0.1, 0.15) is 0 Å². The number of hydrogen-bond acceptors (Lipinski definition) is 3. The van der Waals surface area contributed by atoms with Gasteiger partial charge in [-0.05, 0) is 44.4 Å². The van der Waals surface area contributed by atoms with Crippen LogP contribution in [-0.4, -0.2) is 18.9 Å². The Labute approximate surface area is 119 Å². The molecule has 2 heterocycles. The first-order valence-corrected chi connectivity index (χ1v) is 7.12. The number of benzene rings is 1. The molecule has 1 fully saturated rings. The second-order valence-electron chi connectivity index (χ2n) is 5.48. The van der Waals surface area contributed by atoms with Gasteiger partial charge in [0.05, 0.1) is 0 Å². The van der Waals surface area contributed by atoms with Gasteiger partial charge in [-0.25, -0.2) is 0 Å². The second-order valence-corrected chi connectivity index (χ2v) is 5.48. The average Bonchev–Trinajstić information content (AvgIpc) is 3.10. The number of carbonyl (C=O) groups is 1. The van der Waals surface area contributed by atoms with Crippen molar-refractivity contribution in [3.05, 3.63) is 52.8 Å². The molecule has 1 saturated heterocycles. The number of furan rings is 1. The van der Waals surface area contributed by atoms with Gasteiger partial charge in [0.15, 0.2) is 11.6 Å². The lowest BCUT2D eigenvalue weighted by atomic mass is 10.0. The zero-order valence-electron chi connectivity index (χ0n) is 12.0. The Bertz CT molecular complexity index is 636. The highest BCUT2D eigenvalue weighted by atomic mass is 16.4. The van der Waals surface area contributed by atoms with Crippen LogP contribution in [0.1, 0.15) is 40.1 Å². The molecule has 3 rings (SSSR count). The lowest BCUT2D eigenvalue weighted by Crippen LogP contribution is -2.16. The quantitative estimate of drug-likeness (QED) is 0.796. The molecule has 0 N–H and O–H groups in total. The SMILES string of the molecule is Cc1ccc(C)c(C(=O)c2ccc(N3CCCC3)o2)c1. The molecule has 0 bridgehead atoms. The minimum atomic E-state index is -0.0309. The number of aryl methyl sites for hydroxylation is 2. The molecule has 1 aromatic heterocycles. The summed E-state index contributed by atoms with van der Waals surface area (Å²) in [5.74, 6) is 1.22. The minimum absolute atomic E-state index is 0.0309. The third kappa shape index (κ3) is 2.36. The molecule has 0 amide bonds. The van der Waals surface area contributed by atoms with Gasteiger partial charge in [-0.1, -0.05) is 17.7 Å². The zero-order chi connectivity index (χ0) is 14.1. The number of ketones is 1. The van der Waals surface area contributed by atoms with Gasteiger partial charge in [-0.15, -0.1) is 0 Å². The van der Waals surface area contributed by atoms with Gasteiger partial charge in [-0.2, -0.15) is 0 Å². The zero-order valence-corrected chi connectivity index (χ0v) is 12.0. The van der Waals surface area contributed by atoms with E-state index >= 15 is 0 Å². The van der Waals surface area contributed by atoms with Crippen molar-refractivity contribution in [2.75, 3.05) is 18.0 Å². The lowest BCUT2D eigenvalue weighted by Gasteiger charge is -2.12. The van der Waals surface area contributed by atoms with Gasteiger partial charge in [0.2, 0.25) is 5.78 Å². The summed E-state index contributed by atoms with van der Waals surface area (Å²) in [6.45, 7) is 5.99. The molecule has 2 aromatic rings. The Balaban J connectivity index is 1.88. The molecular weight excluding hydrogens is 250 g/mol. The minimum Gasteiger partial charge on any atom is -0.437 e. The maximum Gasteiger partial charge on any atom is 0.228 e. The smallest absolute Gasteiger partial charge is 0.228 e. The van der Waals surface area contributed by atoms with Crippen molar-refractivity contribution in [1.82, 2.24) is 0 Å². The highest BCUT2D eigenvalue weighted by Crippen LogP contribution is 2.25. The lowest BCUT2D eigenvalue weighted by molar-refractivity contribution is 0.101. The fourth-order valence-electron chi connectivity index (χ4n) is 2.67. The summed E-state index contributed by atoms with van der Waals surface area (Å²) in [4.78, 5) is 14.7. The van der Waals surface area contributed by atoms with E-state index in [0.29, 0.717) is 5.76 Å². The van der Waals surface area contributed by atoms with E-state index in [1.807, 2.05) is 38.1 Å². The van der Waals surface area contributed by atoms with Crippen molar-refractivity contribution < 1.29 is 9.21 Å². The van der Waals surface area contributed by atoms with Crippen molar-refractivity contribution in [2.45, 2.75) is 26.7 Å². The van der Waals surface area contributed by atoms with E-state index in [0.717, 1.165) is 35.7 Å². The van der Waals surface area contributed by atoms with E-state index in [-0.39, 0.29) is 5.78 Å². The third-order valence-corrected chi connectivity index (χ3v) is 3.87. The van der Waals surface area contributed by atoms with Gasteiger partial charge in [0.25, 0.3) is 0 Å². The summed E-state index contributed by atoms with van der Waals surface area (Å²) in [5.41, 5.74) is 2.80. The standard InChI is InChI=1S/C17H19NO2/c1-12-5-6-13(2)14(11-12)17(19)15-7-8-16(20-15)18-9-3-4-10-18/h5-8,11H,3-4,9-10H2,1-2H3. The predicted octanol–water partition coefficient (Wildman–Crippen LogP) is 3.73. The Kier molecular flexibility index (Phi) is 3.35. The summed E-state index contributed by atoms with van der Waals surface area (Å²) in [5, 5.41) is 0. The normalized spacial score (nSPS) is 14.8. The monoisotopic (exact) mass is 269 g/mol. The van der Waals surface area contributed by atoms with Crippen molar-refractivity contribution in [1.29, 1.82) is 0 Å². The first kappa shape index (κ1) is 13.0. The molecule has 0 saturated carbocycles. The van der Waals surface area contributed by atoms with E-state index < -0.39 is 0 Å². The van der Waals surface area contributed by atoms with Crippen LogP contribution in [0.15, 0.2) is 34.7 Å². The summed E-state index contributed by atoms with van der Waals surface area (Å²) < 4.78 is 5.76. The van der Waals surface area contributed by atoms with Crippen LogP contribution in [0, 0.1) is 13.8 Å². The molecule has 3 nitrogen and oxygen atoms in total. The van der Waals surface area contributed by atoms with Crippen molar-refractivity contribution in [3.63, 3.8) is 0 Å². The maximum atomic E-state index is 12.5. The number of anilines is 1. The van der Waals surface area contributed by atoms with Crippen molar-refractivity contribution in [2.24, 2.45) is 0 Å². The van der Waals surface area contributed by atoms with Gasteiger partial charge in [-0.3, -0.25) is 4.79 Å². The Morgan fingerprint density at radius 3 is 2.60 bits per heavy atom. The van der Waals surface area contributed by atoms with Crippen LogP contribution in [0.2, 0.25) is 0 Å². The first-order valence-electron chi connectivity index (χ1n) is 7.12. The van der Waals surface area contributed by atoms with Gasteiger partial charge >= 0.3 is 0 Å². The van der Waals surface area contributed by atoms with Gasteiger partial charge in [0, 0.05) is 24.7 Å². The summed E-state index contributed by atoms with van der Waals surface area (Å²) >= 11 is 0. The van der Waals surface area contributed by atoms with Crippen LogP contribution < -0.4 is 4.90 Å². The molecule has 3 heteroatoms. The Morgan fingerprint density at radius 1 is 1.10 bits per heavy atom. The molecule has 20 heavy (non-hydrogen) atoms. The van der Waals surface area contributed by atoms with Crippen LogP contribution >= 0.6 is 0 Å². The topological polar surface area (TPSA) is 33.5 Å². The maximum absolute atomic E-state index is 12.5. The molecule has 0 spiro atoms. The number of hydrogen-bond donors (Lipinski definition) is 0. The van der Waals surface area contributed by atoms with Crippen LogP contribution in [0.4, 0.5) is 5.88 Å². The first-order chi connectivity index (χ1) is 9.65. The van der Waals surface area contributed by atoms with E-state index in [4.69, 9.17) is 4.42 Å². The Morgan fingerprint density at radius 2 is 1.85 bits per heavy atom. The number of carbonyl (C=O) groups excluding carboxylic acids is 1. The van der Waals surface area contributed by atoms with Crippen LogP contribution in [0.5, 0.6) is 0 Å². The molecular formula is C17H19NO2. The van der Waals surface area contributed by atoms with E-state index in [2.05, 4.69) is 4.90 Å². The molecule has 0 unspecified atom stereocenters. The van der Waals surface area contributed by atoms with Crippen LogP contribution in [-0.2, 0) is 0 Å². The fraction of sp³-hybridized carbons (Fsp3) is 0.353. The van der Waals surface area contributed by atoms with Crippen molar-refractivity contribution >= 4 is 11.7 Å².